The molecule has 3 heterocycles. The Morgan fingerprint density at radius 2 is 2.08 bits per heavy atom. The van der Waals surface area contributed by atoms with Crippen LogP contribution in [0, 0.1) is 0 Å². The molecule has 1 unspecified atom stereocenters. The number of rotatable bonds is 2. The number of carbonyl (C=O) groups is 2. The highest BCUT2D eigenvalue weighted by Crippen LogP contribution is 2.46. The topological polar surface area (TPSA) is 66.4 Å². The fourth-order valence-corrected chi connectivity index (χ4v) is 4.87. The van der Waals surface area contributed by atoms with E-state index in [1.807, 2.05) is 17.9 Å². The third-order valence-corrected chi connectivity index (χ3v) is 6.22. The SMILES string of the molecule is CBN1CC2(CCCC2)N2c3nc(SC)ncc3C(=O)CC2C1=O. The van der Waals surface area contributed by atoms with Gasteiger partial charge in [-0.1, -0.05) is 31.4 Å². The van der Waals surface area contributed by atoms with E-state index in [0.717, 1.165) is 19.4 Å². The first-order chi connectivity index (χ1) is 11.6. The summed E-state index contributed by atoms with van der Waals surface area (Å²) < 4.78 is 0. The molecule has 0 N–H and O–H groups in total. The summed E-state index contributed by atoms with van der Waals surface area (Å²) in [5, 5.41) is 0.653. The van der Waals surface area contributed by atoms with Crippen LogP contribution in [-0.2, 0) is 4.79 Å². The summed E-state index contributed by atoms with van der Waals surface area (Å²) in [6.45, 7) is 2.76. The number of piperazine rings is 1. The first kappa shape index (κ1) is 15.9. The number of hydrogen-bond acceptors (Lipinski definition) is 6. The molecule has 2 fully saturated rings. The highest BCUT2D eigenvalue weighted by molar-refractivity contribution is 7.98. The van der Waals surface area contributed by atoms with Crippen LogP contribution in [-0.4, -0.2) is 58.3 Å². The number of ketones is 1. The molecule has 0 bridgehead atoms. The molecule has 8 heteroatoms. The van der Waals surface area contributed by atoms with E-state index in [4.69, 9.17) is 0 Å². The predicted octanol–water partition coefficient (Wildman–Crippen LogP) is 1.51. The summed E-state index contributed by atoms with van der Waals surface area (Å²) in [4.78, 5) is 38.6. The van der Waals surface area contributed by atoms with Gasteiger partial charge in [-0.25, -0.2) is 9.97 Å². The zero-order valence-corrected chi connectivity index (χ0v) is 14.9. The van der Waals surface area contributed by atoms with Crippen LogP contribution in [0.3, 0.4) is 0 Å². The van der Waals surface area contributed by atoms with E-state index < -0.39 is 6.04 Å². The van der Waals surface area contributed by atoms with Gasteiger partial charge in [0.05, 0.1) is 11.1 Å². The van der Waals surface area contributed by atoms with E-state index in [2.05, 4.69) is 14.9 Å². The number of Topliss-reactive ketones (excluding diaryl/α,β-unsaturated/α-hetero) is 1. The predicted molar refractivity (Wildman–Crippen MR) is 95.0 cm³/mol. The van der Waals surface area contributed by atoms with Gasteiger partial charge in [-0.3, -0.25) is 9.59 Å². The Hall–Kier alpha value is -1.57. The molecular formula is C16H21BN4O2S. The summed E-state index contributed by atoms with van der Waals surface area (Å²) in [6.07, 6.45) is 8.25. The van der Waals surface area contributed by atoms with E-state index in [1.54, 1.807) is 6.20 Å². The highest BCUT2D eigenvalue weighted by atomic mass is 32.2. The van der Waals surface area contributed by atoms with Crippen LogP contribution < -0.4 is 4.90 Å². The molecule has 0 radical (unpaired) electrons. The van der Waals surface area contributed by atoms with Gasteiger partial charge in [0.15, 0.2) is 10.9 Å². The summed E-state index contributed by atoms with van der Waals surface area (Å²) >= 11 is 1.46. The van der Waals surface area contributed by atoms with Crippen LogP contribution in [0.15, 0.2) is 11.4 Å². The van der Waals surface area contributed by atoms with Gasteiger partial charge in [-0.2, -0.15) is 0 Å². The van der Waals surface area contributed by atoms with E-state index >= 15 is 0 Å². The minimum absolute atomic E-state index is 0.0154. The number of hydrogen-bond donors (Lipinski definition) is 0. The van der Waals surface area contributed by atoms with Crippen molar-refractivity contribution >= 4 is 36.7 Å². The Bertz CT molecular complexity index is 707. The van der Waals surface area contributed by atoms with E-state index in [9.17, 15) is 9.59 Å². The van der Waals surface area contributed by atoms with Crippen molar-refractivity contribution in [1.82, 2.24) is 14.8 Å². The summed E-state index contributed by atoms with van der Waals surface area (Å²) in [6, 6.07) is -0.401. The van der Waals surface area contributed by atoms with E-state index in [-0.39, 0.29) is 23.7 Å². The maximum absolute atomic E-state index is 12.9. The second-order valence-electron chi connectivity index (χ2n) is 6.89. The first-order valence-electron chi connectivity index (χ1n) is 8.62. The molecule has 1 spiro atoms. The van der Waals surface area contributed by atoms with Crippen LogP contribution in [0.2, 0.25) is 6.82 Å². The van der Waals surface area contributed by atoms with Gasteiger partial charge in [-0.15, -0.1) is 0 Å². The molecule has 1 saturated carbocycles. The Morgan fingerprint density at radius 3 is 2.75 bits per heavy atom. The first-order valence-corrected chi connectivity index (χ1v) is 9.84. The summed E-state index contributed by atoms with van der Waals surface area (Å²) in [5.74, 6) is 0.735. The van der Waals surface area contributed by atoms with Crippen LogP contribution in [0.4, 0.5) is 5.82 Å². The molecule has 1 aromatic rings. The molecule has 6 nitrogen and oxygen atoms in total. The van der Waals surface area contributed by atoms with Crippen molar-refractivity contribution < 1.29 is 9.59 Å². The lowest BCUT2D eigenvalue weighted by atomic mass is 9.79. The molecule has 1 aromatic heterocycles. The van der Waals surface area contributed by atoms with Gasteiger partial charge >= 0.3 is 0 Å². The van der Waals surface area contributed by atoms with Gasteiger partial charge in [0.1, 0.15) is 11.9 Å². The third kappa shape index (κ3) is 2.19. The zero-order chi connectivity index (χ0) is 16.9. The van der Waals surface area contributed by atoms with Crippen molar-refractivity contribution in [2.24, 2.45) is 0 Å². The zero-order valence-electron chi connectivity index (χ0n) is 14.1. The Labute approximate surface area is 146 Å². The number of carbonyl (C=O) groups excluding carboxylic acids is 2. The van der Waals surface area contributed by atoms with Gasteiger partial charge in [0.2, 0.25) is 13.3 Å². The van der Waals surface area contributed by atoms with Crippen LogP contribution in [0.25, 0.3) is 0 Å². The minimum Gasteiger partial charge on any atom is -0.386 e. The third-order valence-electron chi connectivity index (χ3n) is 5.66. The Balaban J connectivity index is 1.88. The van der Waals surface area contributed by atoms with Crippen molar-refractivity contribution in [2.45, 2.75) is 55.7 Å². The smallest absolute Gasteiger partial charge is 0.236 e. The molecule has 1 atom stereocenters. The molecule has 1 amide bonds. The van der Waals surface area contributed by atoms with Gasteiger partial charge in [0.25, 0.3) is 0 Å². The second kappa shape index (κ2) is 5.76. The molecule has 2 aliphatic heterocycles. The van der Waals surface area contributed by atoms with Crippen molar-refractivity contribution in [2.75, 3.05) is 17.7 Å². The van der Waals surface area contributed by atoms with E-state index in [0.29, 0.717) is 24.0 Å². The molecule has 1 aliphatic carbocycles. The maximum atomic E-state index is 12.9. The van der Waals surface area contributed by atoms with Crippen LogP contribution in [0.1, 0.15) is 42.5 Å². The normalized spacial score (nSPS) is 25.0. The number of thioether (sulfide) groups is 1. The standard InChI is InChI=1S/C16H21BN4O2S/c1-17-20-9-16(5-3-4-6-16)21-11(14(20)23)7-12(22)10-8-18-15(24-2)19-13(10)21/h8,11,17H,3-7,9H2,1-2H3. The molecular weight excluding hydrogens is 323 g/mol. The average Bonchev–Trinajstić information content (AvgIpc) is 3.06. The lowest BCUT2D eigenvalue weighted by Crippen LogP contribution is -2.70. The van der Waals surface area contributed by atoms with Gasteiger partial charge in [0, 0.05) is 19.2 Å². The van der Waals surface area contributed by atoms with Crippen molar-refractivity contribution in [3.8, 4) is 0 Å². The lowest BCUT2D eigenvalue weighted by molar-refractivity contribution is -0.131. The highest BCUT2D eigenvalue weighted by Gasteiger charge is 2.54. The van der Waals surface area contributed by atoms with Crippen LogP contribution >= 0.6 is 11.8 Å². The number of nitrogens with zero attached hydrogens (tertiary/aromatic N) is 4. The number of anilines is 1. The summed E-state index contributed by atoms with van der Waals surface area (Å²) in [5.41, 5.74) is 0.502. The fraction of sp³-hybridized carbons (Fsp3) is 0.625. The largest absolute Gasteiger partial charge is 0.386 e. The quantitative estimate of drug-likeness (QED) is 0.460. The van der Waals surface area contributed by atoms with Gasteiger partial charge < -0.3 is 9.71 Å². The molecule has 0 aromatic carbocycles. The molecule has 3 aliphatic rings. The van der Waals surface area contributed by atoms with Gasteiger partial charge in [-0.05, 0) is 19.1 Å². The monoisotopic (exact) mass is 344 g/mol. The molecule has 1 saturated heterocycles. The van der Waals surface area contributed by atoms with E-state index in [1.165, 1.54) is 24.6 Å². The van der Waals surface area contributed by atoms with Crippen molar-refractivity contribution in [3.63, 3.8) is 0 Å². The fourth-order valence-electron chi connectivity index (χ4n) is 4.53. The van der Waals surface area contributed by atoms with Crippen molar-refractivity contribution in [1.29, 1.82) is 0 Å². The number of amides is 1. The second-order valence-corrected chi connectivity index (χ2v) is 7.66. The minimum atomic E-state index is -0.401. The Kier molecular flexibility index (Phi) is 3.82. The number of fused-ring (bicyclic) bond motifs is 4. The molecule has 126 valence electrons. The van der Waals surface area contributed by atoms with Crippen LogP contribution in [0.5, 0.6) is 0 Å². The summed E-state index contributed by atoms with van der Waals surface area (Å²) in [7, 11) is 0.700. The molecule has 4 rings (SSSR count). The average molecular weight is 344 g/mol. The molecule has 24 heavy (non-hydrogen) atoms. The van der Waals surface area contributed by atoms with Crippen molar-refractivity contribution in [3.05, 3.63) is 11.8 Å². The number of aromatic nitrogens is 2. The maximum Gasteiger partial charge on any atom is 0.236 e. The lowest BCUT2D eigenvalue weighted by Gasteiger charge is -2.55. The Morgan fingerprint density at radius 1 is 1.33 bits per heavy atom.